The van der Waals surface area contributed by atoms with Gasteiger partial charge in [0.05, 0.1) is 28.9 Å². The van der Waals surface area contributed by atoms with Gasteiger partial charge in [-0.25, -0.2) is 4.68 Å². The Morgan fingerprint density at radius 2 is 1.97 bits per heavy atom. The largest absolute Gasteiger partial charge is 0.487 e. The van der Waals surface area contributed by atoms with Crippen LogP contribution in [-0.2, 0) is 17.9 Å². The van der Waals surface area contributed by atoms with Gasteiger partial charge in [-0.15, -0.1) is 0 Å². The smallest absolute Gasteiger partial charge is 0.387 e. The molecule has 0 aliphatic heterocycles. The third-order valence-electron chi connectivity index (χ3n) is 6.41. The van der Waals surface area contributed by atoms with Gasteiger partial charge in [0.1, 0.15) is 6.73 Å². The summed E-state index contributed by atoms with van der Waals surface area (Å²) < 4.78 is 43.7. The first-order chi connectivity index (χ1) is 17.7. The molecule has 2 aromatic heterocycles. The van der Waals surface area contributed by atoms with E-state index in [0.29, 0.717) is 23.9 Å². The molecule has 1 aliphatic carbocycles. The van der Waals surface area contributed by atoms with Crippen molar-refractivity contribution >= 4 is 19.0 Å². The lowest BCUT2D eigenvalue weighted by Crippen LogP contribution is -2.26. The average Bonchev–Trinajstić information content (AvgIpc) is 3.57. The summed E-state index contributed by atoms with van der Waals surface area (Å²) >= 11 is 0. The number of halogens is 2. The predicted octanol–water partition coefficient (Wildman–Crippen LogP) is 6.58. The van der Waals surface area contributed by atoms with E-state index < -0.39 is 14.7 Å². The third-order valence-corrected chi connectivity index (χ3v) is 8.12. The topological polar surface area (TPSA) is 78.4 Å². The van der Waals surface area contributed by atoms with Crippen LogP contribution in [-0.4, -0.2) is 42.2 Å². The van der Waals surface area contributed by atoms with Crippen molar-refractivity contribution in [3.63, 3.8) is 0 Å². The lowest BCUT2D eigenvalue weighted by molar-refractivity contribution is -0.0516. The molecule has 3 aromatic rings. The number of rotatable bonds is 14. The minimum absolute atomic E-state index is 0.00813. The second-order valence-electron chi connectivity index (χ2n) is 10.9. The molecule has 4 rings (SSSR count). The SMILES string of the molecule is CCCCCc1c(-c2ccc(OC(F)F)c(OC3CC3)c2)[nH]c2cnn(COCC[Si](C)(C)C)c(=O)c12. The number of aromatic amines is 1. The summed E-state index contributed by atoms with van der Waals surface area (Å²) in [6, 6.07) is 5.95. The van der Waals surface area contributed by atoms with Crippen molar-refractivity contribution in [3.05, 3.63) is 40.3 Å². The van der Waals surface area contributed by atoms with Crippen LogP contribution in [0.2, 0.25) is 25.7 Å². The van der Waals surface area contributed by atoms with E-state index in [1.807, 2.05) is 0 Å². The molecule has 37 heavy (non-hydrogen) atoms. The molecule has 1 aromatic carbocycles. The highest BCUT2D eigenvalue weighted by molar-refractivity contribution is 6.76. The van der Waals surface area contributed by atoms with Crippen LogP contribution in [0.15, 0.2) is 29.2 Å². The lowest BCUT2D eigenvalue weighted by Gasteiger charge is -2.15. The predicted molar refractivity (Wildman–Crippen MR) is 143 cm³/mol. The van der Waals surface area contributed by atoms with Gasteiger partial charge < -0.3 is 19.2 Å². The van der Waals surface area contributed by atoms with Crippen molar-refractivity contribution in [3.8, 4) is 22.8 Å². The molecule has 0 unspecified atom stereocenters. The Hall–Kier alpha value is -2.72. The number of H-pyrrole nitrogens is 1. The molecule has 7 nitrogen and oxygen atoms in total. The van der Waals surface area contributed by atoms with E-state index in [2.05, 4.69) is 36.6 Å². The van der Waals surface area contributed by atoms with E-state index in [0.717, 1.165) is 55.0 Å². The maximum atomic E-state index is 13.5. The average molecular weight is 534 g/mol. The summed E-state index contributed by atoms with van der Waals surface area (Å²) in [6.45, 7) is 6.74. The van der Waals surface area contributed by atoms with Crippen LogP contribution in [0.1, 0.15) is 44.6 Å². The number of ether oxygens (including phenoxy) is 3. The van der Waals surface area contributed by atoms with Crippen molar-refractivity contribution in [2.75, 3.05) is 6.61 Å². The summed E-state index contributed by atoms with van der Waals surface area (Å²) in [5, 5.41) is 4.92. The van der Waals surface area contributed by atoms with Gasteiger partial charge in [0.25, 0.3) is 5.56 Å². The van der Waals surface area contributed by atoms with Crippen LogP contribution < -0.4 is 15.0 Å². The fraction of sp³-hybridized carbons (Fsp3) is 0.556. The van der Waals surface area contributed by atoms with Crippen molar-refractivity contribution in [1.82, 2.24) is 14.8 Å². The van der Waals surface area contributed by atoms with Crippen molar-refractivity contribution < 1.29 is 23.0 Å². The standard InChI is InChI=1S/C27H37F2N3O4Si/c1-5-6-7-8-20-24-21(16-30-32(26(24)33)17-34-13-14-37(2,3)4)31-25(20)18-9-12-22(36-27(28)29)23(15-18)35-19-10-11-19/h9,12,15-16,19,27,31H,5-8,10-11,13-14,17H2,1-4H3. The highest BCUT2D eigenvalue weighted by atomic mass is 28.3. The summed E-state index contributed by atoms with van der Waals surface area (Å²) in [6.07, 6.45) is 7.14. The van der Waals surface area contributed by atoms with Crippen molar-refractivity contribution in [1.29, 1.82) is 0 Å². The van der Waals surface area contributed by atoms with E-state index in [9.17, 15) is 13.6 Å². The van der Waals surface area contributed by atoms with Gasteiger partial charge in [-0.2, -0.15) is 13.9 Å². The molecule has 2 heterocycles. The van der Waals surface area contributed by atoms with Gasteiger partial charge in [-0.3, -0.25) is 4.79 Å². The molecular formula is C27H37F2N3O4Si. The Labute approximate surface area is 217 Å². The van der Waals surface area contributed by atoms with Crippen LogP contribution in [0.3, 0.4) is 0 Å². The fourth-order valence-electron chi connectivity index (χ4n) is 4.19. The van der Waals surface area contributed by atoms with Gasteiger partial charge in [-0.05, 0) is 55.5 Å². The quantitative estimate of drug-likeness (QED) is 0.187. The van der Waals surface area contributed by atoms with Gasteiger partial charge in [-0.1, -0.05) is 39.4 Å². The van der Waals surface area contributed by atoms with Crippen LogP contribution >= 0.6 is 0 Å². The normalized spacial score (nSPS) is 14.0. The highest BCUT2D eigenvalue weighted by Gasteiger charge is 2.26. The van der Waals surface area contributed by atoms with E-state index in [1.54, 1.807) is 18.3 Å². The third kappa shape index (κ3) is 7.19. The zero-order valence-electron chi connectivity index (χ0n) is 22.1. The number of hydrogen-bond acceptors (Lipinski definition) is 5. The Kier molecular flexibility index (Phi) is 8.69. The first-order valence-electron chi connectivity index (χ1n) is 13.1. The molecule has 1 aliphatic rings. The molecule has 0 bridgehead atoms. The fourth-order valence-corrected chi connectivity index (χ4v) is 4.95. The molecule has 0 atom stereocenters. The van der Waals surface area contributed by atoms with E-state index in [1.165, 1.54) is 10.7 Å². The maximum absolute atomic E-state index is 13.5. The maximum Gasteiger partial charge on any atom is 0.387 e. The number of benzene rings is 1. The molecule has 1 N–H and O–H groups in total. The van der Waals surface area contributed by atoms with E-state index >= 15 is 0 Å². The number of alkyl halides is 2. The van der Waals surface area contributed by atoms with Gasteiger partial charge >= 0.3 is 6.61 Å². The molecule has 1 fully saturated rings. The summed E-state index contributed by atoms with van der Waals surface area (Å²) in [5.74, 6) is 0.290. The molecule has 202 valence electrons. The Balaban J connectivity index is 1.70. The Morgan fingerprint density at radius 1 is 1.19 bits per heavy atom. The zero-order chi connectivity index (χ0) is 26.6. The summed E-state index contributed by atoms with van der Waals surface area (Å²) in [7, 11) is -1.24. The molecule has 10 heteroatoms. The number of fused-ring (bicyclic) bond motifs is 1. The Morgan fingerprint density at radius 3 is 2.65 bits per heavy atom. The van der Waals surface area contributed by atoms with Crippen LogP contribution in [0.25, 0.3) is 22.2 Å². The van der Waals surface area contributed by atoms with Crippen LogP contribution in [0.5, 0.6) is 11.5 Å². The molecule has 0 radical (unpaired) electrons. The number of nitrogens with one attached hydrogen (secondary N) is 1. The van der Waals surface area contributed by atoms with Crippen molar-refractivity contribution in [2.24, 2.45) is 0 Å². The minimum Gasteiger partial charge on any atom is -0.487 e. The van der Waals surface area contributed by atoms with E-state index in [-0.39, 0.29) is 29.9 Å². The zero-order valence-corrected chi connectivity index (χ0v) is 23.1. The lowest BCUT2D eigenvalue weighted by atomic mass is 10.0. The van der Waals surface area contributed by atoms with Gasteiger partial charge in [0, 0.05) is 20.2 Å². The number of aromatic nitrogens is 3. The minimum atomic E-state index is -2.94. The summed E-state index contributed by atoms with van der Waals surface area (Å²) in [5.41, 5.74) is 2.85. The molecular weight excluding hydrogens is 496 g/mol. The number of unbranched alkanes of at least 4 members (excludes halogenated alkanes) is 2. The van der Waals surface area contributed by atoms with Crippen molar-refractivity contribution in [2.45, 2.75) is 90.6 Å². The first kappa shape index (κ1) is 27.3. The monoisotopic (exact) mass is 533 g/mol. The van der Waals surface area contributed by atoms with Gasteiger partial charge in [0.2, 0.25) is 0 Å². The second-order valence-corrected chi connectivity index (χ2v) is 16.5. The van der Waals surface area contributed by atoms with Crippen LogP contribution in [0, 0.1) is 0 Å². The summed E-state index contributed by atoms with van der Waals surface area (Å²) in [4.78, 5) is 16.9. The Bertz CT molecular complexity index is 1260. The number of aryl methyl sites for hydroxylation is 1. The first-order valence-corrected chi connectivity index (χ1v) is 16.8. The molecule has 1 saturated carbocycles. The number of nitrogens with zero attached hydrogens (tertiary/aromatic N) is 2. The second kappa shape index (κ2) is 11.8. The van der Waals surface area contributed by atoms with Gasteiger partial charge in [0.15, 0.2) is 11.5 Å². The molecule has 0 saturated heterocycles. The van der Waals surface area contributed by atoms with Crippen LogP contribution in [0.4, 0.5) is 8.78 Å². The van der Waals surface area contributed by atoms with E-state index in [4.69, 9.17) is 14.2 Å². The molecule has 0 amide bonds. The highest BCUT2D eigenvalue weighted by Crippen LogP contribution is 2.39. The number of hydrogen-bond donors (Lipinski definition) is 1. The molecule has 0 spiro atoms.